The summed E-state index contributed by atoms with van der Waals surface area (Å²) in [6.07, 6.45) is -0.167. The zero-order valence-electron chi connectivity index (χ0n) is 20.9. The fraction of sp³-hybridized carbons (Fsp3) is 0.250. The van der Waals surface area contributed by atoms with Gasteiger partial charge < -0.3 is 14.8 Å². The van der Waals surface area contributed by atoms with Gasteiger partial charge in [-0.2, -0.15) is 0 Å². The molecule has 0 aliphatic carbocycles. The summed E-state index contributed by atoms with van der Waals surface area (Å²) < 4.78 is 11.8. The number of urea groups is 1. The van der Waals surface area contributed by atoms with Gasteiger partial charge in [-0.15, -0.1) is 0 Å². The van der Waals surface area contributed by atoms with Crippen molar-refractivity contribution < 1.29 is 19.1 Å². The maximum absolute atomic E-state index is 14.2. The Bertz CT molecular complexity index is 1510. The van der Waals surface area contributed by atoms with E-state index in [0.717, 1.165) is 11.1 Å². The van der Waals surface area contributed by atoms with Crippen LogP contribution < -0.4 is 19.7 Å². The molecule has 3 amide bonds. The number of amidine groups is 1. The molecular formula is C28H24Cl2N4O4. The maximum atomic E-state index is 14.2. The van der Waals surface area contributed by atoms with Crippen molar-refractivity contribution >= 4 is 52.4 Å². The van der Waals surface area contributed by atoms with Crippen molar-refractivity contribution in [3.8, 4) is 11.5 Å². The van der Waals surface area contributed by atoms with E-state index in [-0.39, 0.29) is 24.6 Å². The first-order valence-electron chi connectivity index (χ1n) is 12.2. The number of methoxy groups -OCH3 is 1. The normalized spacial score (nSPS) is 19.7. The van der Waals surface area contributed by atoms with Crippen LogP contribution in [-0.2, 0) is 4.79 Å². The van der Waals surface area contributed by atoms with E-state index in [4.69, 9.17) is 37.7 Å². The number of nitrogens with one attached hydrogen (secondary N) is 1. The first-order chi connectivity index (χ1) is 18.3. The van der Waals surface area contributed by atoms with E-state index in [9.17, 15) is 9.59 Å². The highest BCUT2D eigenvalue weighted by molar-refractivity contribution is 6.32. The van der Waals surface area contributed by atoms with Crippen LogP contribution in [0.3, 0.4) is 0 Å². The van der Waals surface area contributed by atoms with E-state index in [1.54, 1.807) is 29.2 Å². The Morgan fingerprint density at radius 2 is 1.79 bits per heavy atom. The first kappa shape index (κ1) is 24.6. The van der Waals surface area contributed by atoms with Crippen LogP contribution in [0, 0.1) is 0 Å². The number of fused-ring (bicyclic) bond motifs is 2. The highest BCUT2D eigenvalue weighted by Gasteiger charge is 2.52. The van der Waals surface area contributed by atoms with Crippen molar-refractivity contribution in [2.24, 2.45) is 4.99 Å². The van der Waals surface area contributed by atoms with Crippen molar-refractivity contribution in [2.45, 2.75) is 32.0 Å². The van der Waals surface area contributed by atoms with E-state index in [1.807, 2.05) is 44.2 Å². The molecular weight excluding hydrogens is 527 g/mol. The highest BCUT2D eigenvalue weighted by Crippen LogP contribution is 2.54. The zero-order valence-corrected chi connectivity index (χ0v) is 22.4. The second-order valence-electron chi connectivity index (χ2n) is 9.54. The molecule has 3 aliphatic rings. The van der Waals surface area contributed by atoms with Crippen LogP contribution in [-0.4, -0.2) is 42.4 Å². The molecule has 8 nitrogen and oxygen atoms in total. The summed E-state index contributed by atoms with van der Waals surface area (Å²) in [6, 6.07) is 15.1. The summed E-state index contributed by atoms with van der Waals surface area (Å²) in [7, 11) is 1.51. The topological polar surface area (TPSA) is 83.5 Å². The molecule has 3 aromatic rings. The van der Waals surface area contributed by atoms with Crippen LogP contribution in [0.15, 0.2) is 59.6 Å². The molecule has 0 aromatic heterocycles. The van der Waals surface area contributed by atoms with E-state index in [2.05, 4.69) is 5.32 Å². The molecule has 0 bridgehead atoms. The summed E-state index contributed by atoms with van der Waals surface area (Å²) in [4.78, 5) is 35.2. The fourth-order valence-corrected chi connectivity index (χ4v) is 5.68. The molecule has 0 spiro atoms. The van der Waals surface area contributed by atoms with E-state index < -0.39 is 12.1 Å². The van der Waals surface area contributed by atoms with Crippen LogP contribution in [0.4, 0.5) is 16.2 Å². The van der Waals surface area contributed by atoms with Crippen molar-refractivity contribution in [3.05, 3.63) is 81.3 Å². The van der Waals surface area contributed by atoms with Gasteiger partial charge in [0.25, 0.3) is 0 Å². The minimum atomic E-state index is -0.567. The smallest absolute Gasteiger partial charge is 0.331 e. The van der Waals surface area contributed by atoms with Crippen molar-refractivity contribution in [3.63, 3.8) is 0 Å². The SMILES string of the molecule is COc1cc(OC(C)C)c2c3c1NC(=O)CN3C(=O)N1C2=NC(c2ccc(Cl)cc2)C1c1ccccc1Cl. The largest absolute Gasteiger partial charge is 0.494 e. The number of hydrogen-bond acceptors (Lipinski definition) is 5. The predicted octanol–water partition coefficient (Wildman–Crippen LogP) is 6.23. The second kappa shape index (κ2) is 9.22. The molecule has 0 fully saturated rings. The number of halogens is 2. The van der Waals surface area contributed by atoms with Crippen LogP contribution in [0.25, 0.3) is 0 Å². The number of carbonyl (C=O) groups is 2. The monoisotopic (exact) mass is 550 g/mol. The average Bonchev–Trinajstić information content (AvgIpc) is 3.28. The summed E-state index contributed by atoms with van der Waals surface area (Å²) in [5.74, 6) is 1.02. The number of hydrogen-bond donors (Lipinski definition) is 1. The summed E-state index contributed by atoms with van der Waals surface area (Å²) in [5, 5.41) is 3.99. The summed E-state index contributed by atoms with van der Waals surface area (Å²) >= 11 is 12.9. The molecule has 0 saturated carbocycles. The number of rotatable bonds is 5. The number of amides is 3. The number of anilines is 2. The number of ether oxygens (including phenoxy) is 2. The van der Waals surface area contributed by atoms with Gasteiger partial charge >= 0.3 is 6.03 Å². The maximum Gasteiger partial charge on any atom is 0.331 e. The lowest BCUT2D eigenvalue weighted by Gasteiger charge is -2.42. The van der Waals surface area contributed by atoms with Gasteiger partial charge in [0.05, 0.1) is 30.5 Å². The van der Waals surface area contributed by atoms with Gasteiger partial charge in [-0.05, 0) is 43.2 Å². The third kappa shape index (κ3) is 3.78. The summed E-state index contributed by atoms with van der Waals surface area (Å²) in [6.45, 7) is 3.69. The Hall–Kier alpha value is -3.75. The Kier molecular flexibility index (Phi) is 5.96. The predicted molar refractivity (Wildman–Crippen MR) is 147 cm³/mol. The Balaban J connectivity index is 1.64. The molecule has 2 unspecified atom stereocenters. The van der Waals surface area contributed by atoms with Crippen LogP contribution in [0.1, 0.15) is 42.6 Å². The lowest BCUT2D eigenvalue weighted by atomic mass is 9.93. The Morgan fingerprint density at radius 3 is 2.47 bits per heavy atom. The second-order valence-corrected chi connectivity index (χ2v) is 10.4. The molecule has 3 aromatic carbocycles. The standard InChI is InChI=1S/C28H24Cl2N4O4/c1-14(2)38-19-12-20(37-3)24-26-22(19)27-32-23(15-8-10-16(29)11-9-15)25(17-6-4-5-7-18(17)30)34(27)28(36)33(26)13-21(35)31-24/h4-12,14,23,25H,13H2,1-3H3,(H,31,35). The molecule has 38 heavy (non-hydrogen) atoms. The molecule has 0 radical (unpaired) electrons. The molecule has 10 heteroatoms. The van der Waals surface area contributed by atoms with Gasteiger partial charge in [0, 0.05) is 16.1 Å². The van der Waals surface area contributed by atoms with Crippen LogP contribution in [0.2, 0.25) is 10.0 Å². The van der Waals surface area contributed by atoms with Crippen molar-refractivity contribution in [1.82, 2.24) is 4.90 Å². The fourth-order valence-electron chi connectivity index (χ4n) is 5.30. The highest BCUT2D eigenvalue weighted by atomic mass is 35.5. The van der Waals surface area contributed by atoms with Gasteiger partial charge in [-0.25, -0.2) is 4.79 Å². The Morgan fingerprint density at radius 1 is 1.05 bits per heavy atom. The third-order valence-electron chi connectivity index (χ3n) is 6.81. The van der Waals surface area contributed by atoms with Gasteiger partial charge in [-0.3, -0.25) is 19.6 Å². The minimum absolute atomic E-state index is 0.155. The number of aliphatic imine (C=N–C) groups is 1. The van der Waals surface area contributed by atoms with Crippen molar-refractivity contribution in [1.29, 1.82) is 0 Å². The quantitative estimate of drug-likeness (QED) is 0.408. The number of benzene rings is 3. The van der Waals surface area contributed by atoms with E-state index >= 15 is 0 Å². The molecule has 3 heterocycles. The Labute approximate surface area is 229 Å². The lowest BCUT2D eigenvalue weighted by Crippen LogP contribution is -2.55. The van der Waals surface area contributed by atoms with Gasteiger partial charge in [-0.1, -0.05) is 53.5 Å². The van der Waals surface area contributed by atoms with Crippen LogP contribution in [0.5, 0.6) is 11.5 Å². The molecule has 1 N–H and O–H groups in total. The number of carbonyl (C=O) groups excluding carboxylic acids is 2. The molecule has 6 rings (SSSR count). The third-order valence-corrected chi connectivity index (χ3v) is 7.41. The molecule has 194 valence electrons. The first-order valence-corrected chi connectivity index (χ1v) is 12.9. The molecule has 0 saturated heterocycles. The number of nitrogens with zero attached hydrogens (tertiary/aromatic N) is 3. The van der Waals surface area contributed by atoms with Gasteiger partial charge in [0.15, 0.2) is 0 Å². The van der Waals surface area contributed by atoms with Crippen LogP contribution >= 0.6 is 23.2 Å². The summed E-state index contributed by atoms with van der Waals surface area (Å²) in [5.41, 5.74) is 3.14. The van der Waals surface area contributed by atoms with E-state index in [1.165, 1.54) is 12.0 Å². The minimum Gasteiger partial charge on any atom is -0.494 e. The average molecular weight is 551 g/mol. The van der Waals surface area contributed by atoms with Crippen molar-refractivity contribution in [2.75, 3.05) is 23.9 Å². The molecule has 3 aliphatic heterocycles. The lowest BCUT2D eigenvalue weighted by molar-refractivity contribution is -0.115. The van der Waals surface area contributed by atoms with Gasteiger partial charge in [0.2, 0.25) is 5.91 Å². The van der Waals surface area contributed by atoms with E-state index in [0.29, 0.717) is 44.3 Å². The zero-order chi connectivity index (χ0) is 26.7. The molecule has 2 atom stereocenters. The van der Waals surface area contributed by atoms with Gasteiger partial charge in [0.1, 0.15) is 35.6 Å².